The van der Waals surface area contributed by atoms with Crippen LogP contribution in [-0.4, -0.2) is 44.0 Å². The van der Waals surface area contributed by atoms with Crippen molar-refractivity contribution in [3.8, 4) is 17.1 Å². The van der Waals surface area contributed by atoms with Gasteiger partial charge < -0.3 is 10.2 Å². The third-order valence-electron chi connectivity index (χ3n) is 5.65. The van der Waals surface area contributed by atoms with E-state index in [0.717, 1.165) is 53.7 Å². The van der Waals surface area contributed by atoms with Crippen molar-refractivity contribution in [2.45, 2.75) is 19.8 Å². The van der Waals surface area contributed by atoms with Crippen LogP contribution in [0.5, 0.6) is 0 Å². The minimum atomic E-state index is -0.0345. The summed E-state index contributed by atoms with van der Waals surface area (Å²) in [6.45, 7) is 3.51. The highest BCUT2D eigenvalue weighted by molar-refractivity contribution is 7.09. The van der Waals surface area contributed by atoms with Crippen LogP contribution < -0.4 is 10.2 Å². The van der Waals surface area contributed by atoms with E-state index < -0.39 is 0 Å². The van der Waals surface area contributed by atoms with E-state index in [4.69, 9.17) is 0 Å². The Labute approximate surface area is 189 Å². The largest absolute Gasteiger partial charge is 0.355 e. The zero-order chi connectivity index (χ0) is 21.9. The van der Waals surface area contributed by atoms with E-state index >= 15 is 0 Å². The third kappa shape index (κ3) is 4.24. The van der Waals surface area contributed by atoms with Gasteiger partial charge in [0.15, 0.2) is 11.6 Å². The number of hydrogen-bond acceptors (Lipinski definition) is 7. The molecule has 9 heteroatoms. The molecule has 3 aromatic heterocycles. The maximum Gasteiger partial charge on any atom is 0.227 e. The number of benzene rings is 1. The fourth-order valence-electron chi connectivity index (χ4n) is 3.92. The first-order valence-electron chi connectivity index (χ1n) is 10.6. The summed E-state index contributed by atoms with van der Waals surface area (Å²) < 4.78 is 1.68. The second-order valence-corrected chi connectivity index (χ2v) is 8.81. The molecule has 0 spiro atoms. The highest BCUT2D eigenvalue weighted by Crippen LogP contribution is 2.30. The van der Waals surface area contributed by atoms with Crippen LogP contribution in [0.15, 0.2) is 60.2 Å². The van der Waals surface area contributed by atoms with Crippen LogP contribution in [0.2, 0.25) is 0 Å². The van der Waals surface area contributed by atoms with Crippen LogP contribution in [0.1, 0.15) is 17.8 Å². The van der Waals surface area contributed by atoms with Crippen molar-refractivity contribution in [1.29, 1.82) is 0 Å². The van der Waals surface area contributed by atoms with Crippen molar-refractivity contribution >= 4 is 28.7 Å². The molecule has 4 heterocycles. The number of carbonyl (C=O) groups is 1. The molecule has 0 unspecified atom stereocenters. The van der Waals surface area contributed by atoms with Gasteiger partial charge in [-0.25, -0.2) is 9.67 Å². The molecular formula is C23H23N7OS. The lowest BCUT2D eigenvalue weighted by Gasteiger charge is -2.32. The van der Waals surface area contributed by atoms with Crippen LogP contribution in [0.3, 0.4) is 0 Å². The van der Waals surface area contributed by atoms with Gasteiger partial charge in [0.05, 0.1) is 16.4 Å². The van der Waals surface area contributed by atoms with Crippen LogP contribution in [0, 0.1) is 12.8 Å². The topological polar surface area (TPSA) is 88.8 Å². The van der Waals surface area contributed by atoms with Crippen molar-refractivity contribution in [2.75, 3.05) is 23.3 Å². The number of piperidine rings is 1. The van der Waals surface area contributed by atoms with Gasteiger partial charge in [0.1, 0.15) is 0 Å². The summed E-state index contributed by atoms with van der Waals surface area (Å²) in [7, 11) is 0. The number of aryl methyl sites for hydroxylation is 1. The highest BCUT2D eigenvalue weighted by atomic mass is 32.1. The molecule has 1 amide bonds. The maximum absolute atomic E-state index is 13.0. The molecule has 162 valence electrons. The number of nitrogens with one attached hydrogen (secondary N) is 1. The Morgan fingerprint density at radius 2 is 1.84 bits per heavy atom. The van der Waals surface area contributed by atoms with Crippen molar-refractivity contribution in [3.05, 3.63) is 65.2 Å². The monoisotopic (exact) mass is 445 g/mol. The van der Waals surface area contributed by atoms with Gasteiger partial charge in [-0.05, 0) is 44.0 Å². The standard InChI is InChI=1S/C23H23N7OS/c1-16-25-20(15-32-16)18-5-2-3-6-19(18)26-23(31)17-9-13-29(14-10-17)21-7-8-22(28-27-21)30-12-4-11-24-30/h2-8,11-12,15,17H,9-10,13-14H2,1H3,(H,26,31). The lowest BCUT2D eigenvalue weighted by atomic mass is 9.95. The average molecular weight is 446 g/mol. The Kier molecular flexibility index (Phi) is 5.64. The van der Waals surface area contributed by atoms with E-state index in [1.165, 1.54) is 0 Å². The number of nitrogens with zero attached hydrogens (tertiary/aromatic N) is 6. The summed E-state index contributed by atoms with van der Waals surface area (Å²) in [6, 6.07) is 13.6. The van der Waals surface area contributed by atoms with Crippen molar-refractivity contribution in [3.63, 3.8) is 0 Å². The number of aromatic nitrogens is 5. The van der Waals surface area contributed by atoms with Crippen molar-refractivity contribution < 1.29 is 4.79 Å². The first-order chi connectivity index (χ1) is 15.7. The lowest BCUT2D eigenvalue weighted by molar-refractivity contribution is -0.120. The van der Waals surface area contributed by atoms with Crippen LogP contribution in [0.4, 0.5) is 11.5 Å². The number of carbonyl (C=O) groups excluding carboxylic acids is 1. The van der Waals surface area contributed by atoms with Gasteiger partial charge in [0, 0.05) is 42.3 Å². The second-order valence-electron chi connectivity index (χ2n) is 7.75. The number of hydrogen-bond donors (Lipinski definition) is 1. The molecule has 1 N–H and O–H groups in total. The molecule has 1 aliphatic rings. The first-order valence-corrected chi connectivity index (χ1v) is 11.5. The molecule has 4 aromatic rings. The fourth-order valence-corrected chi connectivity index (χ4v) is 4.53. The van der Waals surface area contributed by atoms with Gasteiger partial charge >= 0.3 is 0 Å². The predicted octanol–water partition coefficient (Wildman–Crippen LogP) is 3.95. The van der Waals surface area contributed by atoms with Crippen LogP contribution in [0.25, 0.3) is 17.1 Å². The summed E-state index contributed by atoms with van der Waals surface area (Å²) in [5.41, 5.74) is 2.66. The molecule has 1 saturated heterocycles. The molecule has 0 bridgehead atoms. The number of thiazole rings is 1. The van der Waals surface area contributed by atoms with Crippen molar-refractivity contribution in [2.24, 2.45) is 5.92 Å². The van der Waals surface area contributed by atoms with Crippen LogP contribution in [-0.2, 0) is 4.79 Å². The van der Waals surface area contributed by atoms with E-state index in [-0.39, 0.29) is 11.8 Å². The Bertz CT molecular complexity index is 1200. The van der Waals surface area contributed by atoms with E-state index in [2.05, 4.69) is 30.5 Å². The first kappa shape index (κ1) is 20.3. The number of para-hydroxylation sites is 1. The van der Waals surface area contributed by atoms with E-state index in [0.29, 0.717) is 5.82 Å². The minimum Gasteiger partial charge on any atom is -0.355 e. The van der Waals surface area contributed by atoms with Gasteiger partial charge in [-0.1, -0.05) is 18.2 Å². The van der Waals surface area contributed by atoms with Crippen LogP contribution >= 0.6 is 11.3 Å². The van der Waals surface area contributed by atoms with Crippen molar-refractivity contribution in [1.82, 2.24) is 25.0 Å². The molecule has 0 radical (unpaired) electrons. The zero-order valence-electron chi connectivity index (χ0n) is 17.7. The van der Waals surface area contributed by atoms with E-state index in [1.807, 2.05) is 61.0 Å². The normalized spacial score (nSPS) is 14.5. The second kappa shape index (κ2) is 8.88. The smallest absolute Gasteiger partial charge is 0.227 e. The van der Waals surface area contributed by atoms with Gasteiger partial charge in [-0.3, -0.25) is 4.79 Å². The van der Waals surface area contributed by atoms with Gasteiger partial charge in [-0.15, -0.1) is 21.5 Å². The quantitative estimate of drug-likeness (QED) is 0.500. The zero-order valence-corrected chi connectivity index (χ0v) is 18.5. The molecule has 1 aromatic carbocycles. The number of anilines is 2. The maximum atomic E-state index is 13.0. The molecule has 0 atom stereocenters. The Hall–Kier alpha value is -3.59. The molecule has 8 nitrogen and oxygen atoms in total. The lowest BCUT2D eigenvalue weighted by Crippen LogP contribution is -2.38. The summed E-state index contributed by atoms with van der Waals surface area (Å²) in [4.78, 5) is 19.7. The number of amides is 1. The predicted molar refractivity (Wildman–Crippen MR) is 125 cm³/mol. The summed E-state index contributed by atoms with van der Waals surface area (Å²) in [5.74, 6) is 1.53. The fraction of sp³-hybridized carbons (Fsp3) is 0.261. The molecule has 32 heavy (non-hydrogen) atoms. The molecular weight excluding hydrogens is 422 g/mol. The molecule has 0 saturated carbocycles. The summed E-state index contributed by atoms with van der Waals surface area (Å²) >= 11 is 1.61. The SMILES string of the molecule is Cc1nc(-c2ccccc2NC(=O)C2CCN(c3ccc(-n4cccn4)nn3)CC2)cs1. The number of rotatable bonds is 5. The molecule has 1 aliphatic heterocycles. The minimum absolute atomic E-state index is 0.0345. The summed E-state index contributed by atoms with van der Waals surface area (Å²) in [5, 5.41) is 19.0. The van der Waals surface area contributed by atoms with E-state index in [9.17, 15) is 4.79 Å². The Morgan fingerprint density at radius 1 is 1.06 bits per heavy atom. The molecule has 1 fully saturated rings. The Morgan fingerprint density at radius 3 is 2.53 bits per heavy atom. The summed E-state index contributed by atoms with van der Waals surface area (Å²) in [6.07, 6.45) is 5.09. The molecule has 0 aliphatic carbocycles. The van der Waals surface area contributed by atoms with Gasteiger partial charge in [0.25, 0.3) is 0 Å². The third-order valence-corrected chi connectivity index (χ3v) is 6.42. The average Bonchev–Trinajstić information content (AvgIpc) is 3.52. The van der Waals surface area contributed by atoms with Gasteiger partial charge in [0.2, 0.25) is 5.91 Å². The Balaban J connectivity index is 1.21. The highest BCUT2D eigenvalue weighted by Gasteiger charge is 2.26. The van der Waals surface area contributed by atoms with Gasteiger partial charge in [-0.2, -0.15) is 5.10 Å². The van der Waals surface area contributed by atoms with E-state index in [1.54, 1.807) is 22.2 Å². The molecule has 5 rings (SSSR count).